The van der Waals surface area contributed by atoms with Crippen molar-refractivity contribution < 1.29 is 9.59 Å². The molecule has 1 aliphatic rings. The van der Waals surface area contributed by atoms with Gasteiger partial charge in [-0.15, -0.1) is 0 Å². The standard InChI is InChI=1S/C10H10N2O2/c1-7-3-2-4-8(5-7)12-6-9(13)11-10(12)14/h2-5H,6H2,1H3,(H,11,13,14). The number of hydrogen-bond acceptors (Lipinski definition) is 2. The van der Waals surface area contributed by atoms with E-state index in [2.05, 4.69) is 5.32 Å². The van der Waals surface area contributed by atoms with E-state index in [-0.39, 0.29) is 18.5 Å². The Morgan fingerprint density at radius 2 is 2.14 bits per heavy atom. The van der Waals surface area contributed by atoms with Crippen molar-refractivity contribution in [3.63, 3.8) is 0 Å². The second-order valence-corrected chi connectivity index (χ2v) is 3.28. The van der Waals surface area contributed by atoms with Crippen LogP contribution in [0.1, 0.15) is 5.56 Å². The van der Waals surface area contributed by atoms with E-state index < -0.39 is 0 Å². The fraction of sp³-hybridized carbons (Fsp3) is 0.200. The molecule has 0 aromatic heterocycles. The lowest BCUT2D eigenvalue weighted by atomic mass is 10.2. The van der Waals surface area contributed by atoms with Crippen molar-refractivity contribution in [3.8, 4) is 0 Å². The Balaban J connectivity index is 2.31. The molecule has 1 aromatic carbocycles. The summed E-state index contributed by atoms with van der Waals surface area (Å²) in [7, 11) is 0. The van der Waals surface area contributed by atoms with Crippen molar-refractivity contribution in [2.45, 2.75) is 6.92 Å². The van der Waals surface area contributed by atoms with Crippen molar-refractivity contribution in [1.29, 1.82) is 0 Å². The molecule has 3 amide bonds. The van der Waals surface area contributed by atoms with E-state index in [4.69, 9.17) is 0 Å². The molecular formula is C10H10N2O2. The molecule has 0 unspecified atom stereocenters. The van der Waals surface area contributed by atoms with Gasteiger partial charge in [0.05, 0.1) is 0 Å². The van der Waals surface area contributed by atoms with Crippen LogP contribution in [0.5, 0.6) is 0 Å². The molecule has 1 fully saturated rings. The van der Waals surface area contributed by atoms with Gasteiger partial charge in [-0.05, 0) is 24.6 Å². The Labute approximate surface area is 81.5 Å². The Morgan fingerprint density at radius 1 is 1.36 bits per heavy atom. The van der Waals surface area contributed by atoms with Gasteiger partial charge in [0.25, 0.3) is 0 Å². The van der Waals surface area contributed by atoms with Crippen LogP contribution in [0.4, 0.5) is 10.5 Å². The second-order valence-electron chi connectivity index (χ2n) is 3.28. The van der Waals surface area contributed by atoms with E-state index in [1.54, 1.807) is 0 Å². The van der Waals surface area contributed by atoms with E-state index in [0.717, 1.165) is 11.3 Å². The third kappa shape index (κ3) is 1.46. The Hall–Kier alpha value is -1.84. The zero-order chi connectivity index (χ0) is 10.1. The number of carbonyl (C=O) groups excluding carboxylic acids is 2. The fourth-order valence-corrected chi connectivity index (χ4v) is 1.45. The molecular weight excluding hydrogens is 180 g/mol. The summed E-state index contributed by atoms with van der Waals surface area (Å²) in [6.07, 6.45) is 0. The number of hydrogen-bond donors (Lipinski definition) is 1. The van der Waals surface area contributed by atoms with E-state index in [0.29, 0.717) is 0 Å². The molecule has 2 rings (SSSR count). The fourth-order valence-electron chi connectivity index (χ4n) is 1.45. The van der Waals surface area contributed by atoms with Gasteiger partial charge in [-0.1, -0.05) is 12.1 Å². The molecule has 0 radical (unpaired) electrons. The molecule has 0 bridgehead atoms. The molecule has 72 valence electrons. The van der Waals surface area contributed by atoms with Crippen LogP contribution in [0.25, 0.3) is 0 Å². The zero-order valence-electron chi connectivity index (χ0n) is 7.78. The first kappa shape index (κ1) is 8.74. The molecule has 1 N–H and O–H groups in total. The van der Waals surface area contributed by atoms with E-state index in [1.807, 2.05) is 31.2 Å². The summed E-state index contributed by atoms with van der Waals surface area (Å²) < 4.78 is 0. The van der Waals surface area contributed by atoms with Gasteiger partial charge in [0.1, 0.15) is 6.54 Å². The van der Waals surface area contributed by atoms with Gasteiger partial charge in [0.15, 0.2) is 0 Å². The summed E-state index contributed by atoms with van der Waals surface area (Å²) in [6, 6.07) is 7.14. The minimum atomic E-state index is -0.347. The molecule has 0 aliphatic carbocycles. The van der Waals surface area contributed by atoms with Crippen LogP contribution in [0.2, 0.25) is 0 Å². The van der Waals surface area contributed by atoms with E-state index in [1.165, 1.54) is 4.90 Å². The number of amides is 3. The van der Waals surface area contributed by atoms with Crippen molar-refractivity contribution in [2.75, 3.05) is 11.4 Å². The minimum absolute atomic E-state index is 0.113. The van der Waals surface area contributed by atoms with Crippen LogP contribution in [0.3, 0.4) is 0 Å². The summed E-state index contributed by atoms with van der Waals surface area (Å²) in [5.74, 6) is -0.253. The number of aryl methyl sites for hydroxylation is 1. The second kappa shape index (κ2) is 3.14. The van der Waals surface area contributed by atoms with E-state index in [9.17, 15) is 9.59 Å². The highest BCUT2D eigenvalue weighted by Gasteiger charge is 2.27. The number of carbonyl (C=O) groups is 2. The number of benzene rings is 1. The summed E-state index contributed by atoms with van der Waals surface area (Å²) in [6.45, 7) is 2.06. The largest absolute Gasteiger partial charge is 0.329 e. The van der Waals surface area contributed by atoms with Crippen LogP contribution in [0, 0.1) is 6.92 Å². The monoisotopic (exact) mass is 190 g/mol. The topological polar surface area (TPSA) is 49.4 Å². The predicted octanol–water partition coefficient (Wildman–Crippen LogP) is 1.05. The highest BCUT2D eigenvalue weighted by molar-refractivity contribution is 6.12. The summed E-state index contributed by atoms with van der Waals surface area (Å²) in [5.41, 5.74) is 1.82. The molecule has 1 saturated heterocycles. The molecule has 0 saturated carbocycles. The van der Waals surface area contributed by atoms with Gasteiger partial charge in [0.2, 0.25) is 5.91 Å². The average molecular weight is 190 g/mol. The van der Waals surface area contributed by atoms with Crippen LogP contribution >= 0.6 is 0 Å². The Bertz CT molecular complexity index is 401. The normalized spacial score (nSPS) is 15.9. The number of rotatable bonds is 1. The number of nitrogens with zero attached hydrogens (tertiary/aromatic N) is 1. The van der Waals surface area contributed by atoms with Crippen molar-refractivity contribution in [3.05, 3.63) is 29.8 Å². The molecule has 1 aromatic rings. The molecule has 14 heavy (non-hydrogen) atoms. The van der Waals surface area contributed by atoms with E-state index >= 15 is 0 Å². The highest BCUT2D eigenvalue weighted by Crippen LogP contribution is 2.17. The number of imide groups is 1. The summed E-state index contributed by atoms with van der Waals surface area (Å²) >= 11 is 0. The smallest absolute Gasteiger partial charge is 0.285 e. The van der Waals surface area contributed by atoms with Crippen LogP contribution in [0.15, 0.2) is 24.3 Å². The molecule has 0 spiro atoms. The van der Waals surface area contributed by atoms with Gasteiger partial charge in [0, 0.05) is 5.69 Å². The van der Waals surface area contributed by atoms with Crippen LogP contribution in [-0.2, 0) is 4.79 Å². The molecule has 4 heteroatoms. The molecule has 4 nitrogen and oxygen atoms in total. The van der Waals surface area contributed by atoms with Gasteiger partial charge < -0.3 is 0 Å². The van der Waals surface area contributed by atoms with Gasteiger partial charge in [-0.25, -0.2) is 4.79 Å². The number of anilines is 1. The van der Waals surface area contributed by atoms with Gasteiger partial charge >= 0.3 is 6.03 Å². The first-order valence-electron chi connectivity index (χ1n) is 4.35. The Morgan fingerprint density at radius 3 is 2.71 bits per heavy atom. The van der Waals surface area contributed by atoms with Crippen LogP contribution < -0.4 is 10.2 Å². The maximum absolute atomic E-state index is 11.3. The maximum atomic E-state index is 11.3. The molecule has 1 aliphatic heterocycles. The lowest BCUT2D eigenvalue weighted by Gasteiger charge is -2.13. The van der Waals surface area contributed by atoms with Gasteiger partial charge in [-0.2, -0.15) is 0 Å². The molecule has 0 atom stereocenters. The summed E-state index contributed by atoms with van der Waals surface area (Å²) in [5, 5.41) is 2.23. The van der Waals surface area contributed by atoms with Crippen molar-refractivity contribution in [1.82, 2.24) is 5.32 Å². The average Bonchev–Trinajstić information content (AvgIpc) is 2.45. The van der Waals surface area contributed by atoms with Crippen molar-refractivity contribution in [2.24, 2.45) is 0 Å². The Kier molecular flexibility index (Phi) is 1.96. The maximum Gasteiger partial charge on any atom is 0.329 e. The molecule has 1 heterocycles. The summed E-state index contributed by atoms with van der Waals surface area (Å²) in [4.78, 5) is 23.7. The first-order valence-corrected chi connectivity index (χ1v) is 4.35. The van der Waals surface area contributed by atoms with Crippen LogP contribution in [-0.4, -0.2) is 18.5 Å². The quantitative estimate of drug-likeness (QED) is 0.673. The third-order valence-corrected chi connectivity index (χ3v) is 2.11. The SMILES string of the molecule is Cc1cccc(N2CC(=O)NC2=O)c1. The zero-order valence-corrected chi connectivity index (χ0v) is 7.78. The number of nitrogens with one attached hydrogen (secondary N) is 1. The lowest BCUT2D eigenvalue weighted by Crippen LogP contribution is -2.27. The van der Waals surface area contributed by atoms with Crippen molar-refractivity contribution >= 4 is 17.6 Å². The third-order valence-electron chi connectivity index (χ3n) is 2.11. The first-order chi connectivity index (χ1) is 6.66. The predicted molar refractivity (Wildman–Crippen MR) is 52.1 cm³/mol. The minimum Gasteiger partial charge on any atom is -0.285 e. The highest BCUT2D eigenvalue weighted by atomic mass is 16.2. The number of urea groups is 1. The van der Waals surface area contributed by atoms with Gasteiger partial charge in [-0.3, -0.25) is 15.0 Å². The lowest BCUT2D eigenvalue weighted by molar-refractivity contribution is -0.117.